The van der Waals surface area contributed by atoms with Gasteiger partial charge in [0.25, 0.3) is 6.08 Å². The van der Waals surface area contributed by atoms with Crippen LogP contribution < -0.4 is 15.0 Å². The summed E-state index contributed by atoms with van der Waals surface area (Å²) in [4.78, 5) is 17.8. The molecule has 4 unspecified atom stereocenters. The number of fused-ring (bicyclic) bond motifs is 6. The Bertz CT molecular complexity index is 2170. The Labute approximate surface area is 284 Å². The maximum atomic E-state index is 17.0. The van der Waals surface area contributed by atoms with E-state index in [1.807, 2.05) is 4.90 Å². The third kappa shape index (κ3) is 4.82. The fourth-order valence-electron chi connectivity index (χ4n) is 9.30. The molecule has 6 heterocycles. The molecule has 4 aliphatic heterocycles. The summed E-state index contributed by atoms with van der Waals surface area (Å²) in [5.74, 6) is 0.815. The molecule has 50 heavy (non-hydrogen) atoms. The molecule has 2 aromatic carbocycles. The van der Waals surface area contributed by atoms with Crippen molar-refractivity contribution in [3.05, 3.63) is 59.8 Å². The Morgan fingerprint density at radius 3 is 2.72 bits per heavy atom. The van der Waals surface area contributed by atoms with Gasteiger partial charge in [-0.1, -0.05) is 12.0 Å². The summed E-state index contributed by atoms with van der Waals surface area (Å²) in [5.41, 5.74) is -1.97. The van der Waals surface area contributed by atoms with Crippen LogP contribution in [0.5, 0.6) is 11.8 Å². The topological polar surface area (TPSA) is 86.6 Å². The summed E-state index contributed by atoms with van der Waals surface area (Å²) in [6.07, 6.45) is 10.4. The van der Waals surface area contributed by atoms with Gasteiger partial charge in [-0.15, -0.1) is 6.42 Å². The Balaban J connectivity index is 1.19. The van der Waals surface area contributed by atoms with E-state index in [-0.39, 0.29) is 75.4 Å². The molecule has 0 radical (unpaired) electrons. The van der Waals surface area contributed by atoms with Crippen molar-refractivity contribution in [3.8, 4) is 35.4 Å². The van der Waals surface area contributed by atoms with Crippen LogP contribution >= 0.6 is 0 Å². The number of benzene rings is 2. The van der Waals surface area contributed by atoms with Crippen molar-refractivity contribution >= 4 is 27.5 Å². The van der Waals surface area contributed by atoms with Crippen molar-refractivity contribution in [2.75, 3.05) is 31.1 Å². The van der Waals surface area contributed by atoms with E-state index < -0.39 is 35.0 Å². The van der Waals surface area contributed by atoms with Gasteiger partial charge < -0.3 is 20.1 Å². The second-order valence-electron chi connectivity index (χ2n) is 14.7. The molecule has 258 valence electrons. The van der Waals surface area contributed by atoms with Crippen molar-refractivity contribution < 1.29 is 31.8 Å². The first-order valence-electron chi connectivity index (χ1n) is 16.9. The lowest BCUT2D eigenvalue weighted by atomic mass is 9.94. The number of ether oxygens (including phenoxy) is 1. The minimum absolute atomic E-state index is 0.0145. The molecule has 2 N–H and O–H groups in total. The molecular weight excluding hydrogens is 655 g/mol. The summed E-state index contributed by atoms with van der Waals surface area (Å²) < 4.78 is 80.3. The van der Waals surface area contributed by atoms with E-state index in [0.29, 0.717) is 37.7 Å². The number of hydrogen-bond donors (Lipinski definition) is 2. The SMILES string of the molecule is C#Cc1c(F)ccc2cc(O)cc(-c3ncc4c(N5CC6CCC(C=C(F)F)(C5)N6)nc(OCC56CCC7(CC7)N5CC(F)C6)nc4c3F)c12. The minimum atomic E-state index is -1.80. The lowest BCUT2D eigenvalue weighted by Gasteiger charge is -2.40. The van der Waals surface area contributed by atoms with Crippen molar-refractivity contribution in [2.45, 2.75) is 73.8 Å². The Hall–Kier alpha value is -4.54. The number of aromatic hydroxyl groups is 1. The molecule has 8 nitrogen and oxygen atoms in total. The summed E-state index contributed by atoms with van der Waals surface area (Å²) in [7, 11) is 0. The number of anilines is 1. The maximum absolute atomic E-state index is 17.0. The first-order chi connectivity index (χ1) is 24.0. The molecule has 2 aromatic heterocycles. The van der Waals surface area contributed by atoms with Crippen molar-refractivity contribution in [3.63, 3.8) is 0 Å². The van der Waals surface area contributed by atoms with Gasteiger partial charge in [0.1, 0.15) is 41.4 Å². The number of piperazine rings is 1. The smallest absolute Gasteiger partial charge is 0.319 e. The maximum Gasteiger partial charge on any atom is 0.319 e. The first kappa shape index (κ1) is 31.4. The standard InChI is InChI=1S/C37H33F5N6O2/c1-2-24-27(39)4-3-20-11-23(49)12-25(29(20)24)31-30(42)32-26(15-43-31)33(47-17-22-5-6-35(18-47,46-22)14-28(40)41)45-34(44-32)50-19-37-10-9-36(7-8-36)48(37)16-21(38)13-37/h1,3-4,11-12,14-15,21-22,46,49H,5-10,13,16-19H2. The fraction of sp³-hybridized carbons (Fsp3) is 0.432. The highest BCUT2D eigenvalue weighted by molar-refractivity contribution is 6.03. The van der Waals surface area contributed by atoms with Crippen LogP contribution in [0.3, 0.4) is 0 Å². The molecule has 1 saturated carbocycles. The number of halogens is 5. The van der Waals surface area contributed by atoms with Gasteiger partial charge in [-0.2, -0.15) is 18.7 Å². The van der Waals surface area contributed by atoms with Gasteiger partial charge in [0.2, 0.25) is 0 Å². The van der Waals surface area contributed by atoms with Crippen molar-refractivity contribution in [2.24, 2.45) is 0 Å². The number of rotatable bonds is 6. The molecule has 5 aliphatic rings. The molecule has 4 saturated heterocycles. The fourth-order valence-corrected chi connectivity index (χ4v) is 9.30. The number of nitrogens with zero attached hydrogens (tertiary/aromatic N) is 5. The zero-order chi connectivity index (χ0) is 34.6. The predicted molar refractivity (Wildman–Crippen MR) is 177 cm³/mol. The third-order valence-corrected chi connectivity index (χ3v) is 11.6. The summed E-state index contributed by atoms with van der Waals surface area (Å²) >= 11 is 0. The van der Waals surface area contributed by atoms with Crippen LogP contribution in [0.4, 0.5) is 27.8 Å². The van der Waals surface area contributed by atoms with Gasteiger partial charge in [-0.3, -0.25) is 9.88 Å². The monoisotopic (exact) mass is 688 g/mol. The quantitative estimate of drug-likeness (QED) is 0.178. The van der Waals surface area contributed by atoms with E-state index in [0.717, 1.165) is 31.8 Å². The van der Waals surface area contributed by atoms with Gasteiger partial charge in [0.05, 0.1) is 22.0 Å². The van der Waals surface area contributed by atoms with Crippen LogP contribution in [0.2, 0.25) is 0 Å². The van der Waals surface area contributed by atoms with E-state index >= 15 is 4.39 Å². The number of alkyl halides is 1. The average Bonchev–Trinajstić information content (AvgIpc) is 3.62. The molecule has 1 aliphatic carbocycles. The van der Waals surface area contributed by atoms with Crippen molar-refractivity contribution in [1.82, 2.24) is 25.2 Å². The minimum Gasteiger partial charge on any atom is -0.508 e. The molecule has 1 spiro atoms. The zero-order valence-electron chi connectivity index (χ0n) is 27.0. The summed E-state index contributed by atoms with van der Waals surface area (Å²) in [5, 5.41) is 14.7. The number of pyridine rings is 1. The Kier molecular flexibility index (Phi) is 6.90. The Morgan fingerprint density at radius 1 is 1.12 bits per heavy atom. The second-order valence-corrected chi connectivity index (χ2v) is 14.7. The highest BCUT2D eigenvalue weighted by Gasteiger charge is 2.64. The van der Waals surface area contributed by atoms with Crippen LogP contribution in [-0.2, 0) is 0 Å². The van der Waals surface area contributed by atoms with Gasteiger partial charge in [0, 0.05) is 60.9 Å². The second kappa shape index (κ2) is 11.0. The number of hydrogen-bond acceptors (Lipinski definition) is 8. The molecular formula is C37H33F5N6O2. The lowest BCUT2D eigenvalue weighted by Crippen LogP contribution is -2.59. The van der Waals surface area contributed by atoms with Gasteiger partial charge in [-0.25, -0.2) is 13.2 Å². The number of aromatic nitrogens is 3. The van der Waals surface area contributed by atoms with Gasteiger partial charge in [0.15, 0.2) is 5.82 Å². The van der Waals surface area contributed by atoms with Crippen LogP contribution in [-0.4, -0.2) is 80.0 Å². The molecule has 4 aromatic rings. The summed E-state index contributed by atoms with van der Waals surface area (Å²) in [6, 6.07) is 5.02. The Morgan fingerprint density at radius 2 is 1.94 bits per heavy atom. The highest BCUT2D eigenvalue weighted by atomic mass is 19.3. The molecule has 0 amide bonds. The highest BCUT2D eigenvalue weighted by Crippen LogP contribution is 2.59. The normalized spacial score (nSPS) is 28.0. The first-order valence-corrected chi connectivity index (χ1v) is 16.9. The molecule has 9 rings (SSSR count). The third-order valence-electron chi connectivity index (χ3n) is 11.6. The van der Waals surface area contributed by atoms with E-state index in [4.69, 9.17) is 16.1 Å². The average molecular weight is 689 g/mol. The van der Waals surface area contributed by atoms with E-state index in [1.54, 1.807) is 0 Å². The van der Waals surface area contributed by atoms with Crippen molar-refractivity contribution in [1.29, 1.82) is 0 Å². The van der Waals surface area contributed by atoms with Gasteiger partial charge >= 0.3 is 6.01 Å². The summed E-state index contributed by atoms with van der Waals surface area (Å²) in [6.45, 7) is 0.981. The van der Waals surface area contributed by atoms with Crippen LogP contribution in [0.1, 0.15) is 50.5 Å². The van der Waals surface area contributed by atoms with E-state index in [2.05, 4.69) is 26.1 Å². The van der Waals surface area contributed by atoms with Gasteiger partial charge in [-0.05, 0) is 62.1 Å². The number of terminal acetylenes is 1. The number of phenols is 1. The lowest BCUT2D eigenvalue weighted by molar-refractivity contribution is 0.0773. The predicted octanol–water partition coefficient (Wildman–Crippen LogP) is 6.39. The molecule has 4 atom stereocenters. The van der Waals surface area contributed by atoms with Crippen LogP contribution in [0, 0.1) is 24.0 Å². The van der Waals surface area contributed by atoms with E-state index in [9.17, 15) is 22.7 Å². The van der Waals surface area contributed by atoms with Crippen LogP contribution in [0.25, 0.3) is 32.9 Å². The largest absolute Gasteiger partial charge is 0.508 e. The molecule has 5 fully saturated rings. The number of nitrogens with one attached hydrogen (secondary N) is 1. The molecule has 13 heteroatoms. The number of phenolic OH excluding ortho intramolecular Hbond substituents is 1. The van der Waals surface area contributed by atoms with Crippen LogP contribution in [0.15, 0.2) is 42.6 Å². The van der Waals surface area contributed by atoms with E-state index in [1.165, 1.54) is 30.5 Å². The zero-order valence-corrected chi connectivity index (χ0v) is 27.0. The molecule has 2 bridgehead atoms.